The average Bonchev–Trinajstić information content (AvgIpc) is 2.76. The zero-order valence-electron chi connectivity index (χ0n) is 10.0. The monoisotopic (exact) mass is 214 g/mol. The van der Waals surface area contributed by atoms with Crippen molar-refractivity contribution in [2.75, 3.05) is 0 Å². The first-order valence-electron chi connectivity index (χ1n) is 5.96. The van der Waals surface area contributed by atoms with Crippen LogP contribution in [0.25, 0.3) is 0 Å². The second kappa shape index (κ2) is 4.65. The van der Waals surface area contributed by atoms with Crippen molar-refractivity contribution >= 4 is 5.78 Å². The van der Waals surface area contributed by atoms with Crippen molar-refractivity contribution in [1.29, 1.82) is 0 Å². The van der Waals surface area contributed by atoms with E-state index >= 15 is 0 Å². The molecule has 16 heavy (non-hydrogen) atoms. The first-order valence-corrected chi connectivity index (χ1v) is 5.96. The summed E-state index contributed by atoms with van der Waals surface area (Å²) < 4.78 is 0. The minimum Gasteiger partial charge on any atom is -0.294 e. The molecule has 1 aliphatic rings. The number of Topliss-reactive ketones (excluding diaryl/α,β-unsaturated/α-hetero) is 1. The number of aryl methyl sites for hydroxylation is 2. The topological polar surface area (TPSA) is 17.1 Å². The molecule has 1 aromatic carbocycles. The Bertz CT molecular complexity index is 420. The first-order chi connectivity index (χ1) is 7.68. The molecule has 84 valence electrons. The quantitative estimate of drug-likeness (QED) is 0.752. The fourth-order valence-electron chi connectivity index (χ4n) is 2.33. The molecule has 2 rings (SSSR count). The maximum Gasteiger partial charge on any atom is 0.162 e. The van der Waals surface area contributed by atoms with Gasteiger partial charge in [-0.3, -0.25) is 4.79 Å². The minimum atomic E-state index is 0.315. The van der Waals surface area contributed by atoms with Crippen LogP contribution in [0.2, 0.25) is 0 Å². The molecule has 0 aromatic heterocycles. The molecule has 1 heteroatoms. The summed E-state index contributed by atoms with van der Waals surface area (Å²) >= 11 is 0. The fourth-order valence-corrected chi connectivity index (χ4v) is 2.33. The number of hydrogen-bond donors (Lipinski definition) is 0. The van der Waals surface area contributed by atoms with Gasteiger partial charge in [-0.1, -0.05) is 24.3 Å². The summed E-state index contributed by atoms with van der Waals surface area (Å²) in [6.07, 6.45) is 5.88. The smallest absolute Gasteiger partial charge is 0.162 e. The van der Waals surface area contributed by atoms with E-state index in [0.29, 0.717) is 12.2 Å². The predicted octanol–water partition coefficient (Wildman–Crippen LogP) is 3.53. The molecular formula is C15H18O. The van der Waals surface area contributed by atoms with Crippen molar-refractivity contribution in [3.05, 3.63) is 46.5 Å². The number of carbonyl (C=O) groups is 1. The van der Waals surface area contributed by atoms with Gasteiger partial charge in [-0.2, -0.15) is 0 Å². The van der Waals surface area contributed by atoms with Crippen molar-refractivity contribution in [2.45, 2.75) is 39.5 Å². The van der Waals surface area contributed by atoms with Gasteiger partial charge in [-0.25, -0.2) is 0 Å². The number of benzene rings is 1. The van der Waals surface area contributed by atoms with Gasteiger partial charge in [0.25, 0.3) is 0 Å². The van der Waals surface area contributed by atoms with Gasteiger partial charge in [0, 0.05) is 6.42 Å². The molecule has 0 amide bonds. The Morgan fingerprint density at radius 1 is 1.25 bits per heavy atom. The molecule has 0 unspecified atom stereocenters. The lowest BCUT2D eigenvalue weighted by atomic mass is 9.95. The lowest BCUT2D eigenvalue weighted by Gasteiger charge is -2.09. The predicted molar refractivity (Wildman–Crippen MR) is 66.6 cm³/mol. The maximum atomic E-state index is 12.1. The van der Waals surface area contributed by atoms with Gasteiger partial charge in [-0.05, 0) is 55.4 Å². The van der Waals surface area contributed by atoms with Gasteiger partial charge in [0.05, 0.1) is 0 Å². The van der Waals surface area contributed by atoms with E-state index in [9.17, 15) is 4.79 Å². The lowest BCUT2D eigenvalue weighted by molar-refractivity contribution is -0.115. The Morgan fingerprint density at radius 2 is 1.94 bits per heavy atom. The van der Waals surface area contributed by atoms with E-state index < -0.39 is 0 Å². The molecule has 0 saturated carbocycles. The molecule has 0 aliphatic heterocycles. The largest absolute Gasteiger partial charge is 0.294 e. The SMILES string of the molecule is Cc1cccc(C)c1CC(=O)C1=CCCC1. The number of allylic oxidation sites excluding steroid dienone is 2. The highest BCUT2D eigenvalue weighted by atomic mass is 16.1. The van der Waals surface area contributed by atoms with E-state index in [2.05, 4.69) is 32.1 Å². The third kappa shape index (κ3) is 2.24. The number of hydrogen-bond acceptors (Lipinski definition) is 1. The standard InChI is InChI=1S/C15H18O/c1-11-6-5-7-12(2)14(11)10-15(16)13-8-3-4-9-13/h5-8H,3-4,9-10H2,1-2H3. The van der Waals surface area contributed by atoms with Gasteiger partial charge in [0.2, 0.25) is 0 Å². The van der Waals surface area contributed by atoms with E-state index in [-0.39, 0.29) is 0 Å². The van der Waals surface area contributed by atoms with Crippen LogP contribution in [0.1, 0.15) is 36.0 Å². The van der Waals surface area contributed by atoms with Crippen LogP contribution in [-0.4, -0.2) is 5.78 Å². The van der Waals surface area contributed by atoms with Crippen LogP contribution in [0.3, 0.4) is 0 Å². The van der Waals surface area contributed by atoms with Gasteiger partial charge in [0.15, 0.2) is 5.78 Å². The summed E-state index contributed by atoms with van der Waals surface area (Å²) in [7, 11) is 0. The van der Waals surface area contributed by atoms with Crippen LogP contribution < -0.4 is 0 Å². The molecule has 1 aromatic rings. The van der Waals surface area contributed by atoms with E-state index in [0.717, 1.165) is 24.8 Å². The molecule has 1 nitrogen and oxygen atoms in total. The molecule has 0 atom stereocenters. The molecule has 0 saturated heterocycles. The Morgan fingerprint density at radius 3 is 2.50 bits per heavy atom. The van der Waals surface area contributed by atoms with Crippen LogP contribution in [0, 0.1) is 13.8 Å². The third-order valence-electron chi connectivity index (χ3n) is 3.38. The average molecular weight is 214 g/mol. The van der Waals surface area contributed by atoms with Gasteiger partial charge < -0.3 is 0 Å². The lowest BCUT2D eigenvalue weighted by Crippen LogP contribution is -2.07. The van der Waals surface area contributed by atoms with E-state index in [1.54, 1.807) is 0 Å². The highest BCUT2D eigenvalue weighted by Gasteiger charge is 2.15. The van der Waals surface area contributed by atoms with Crippen LogP contribution in [0.4, 0.5) is 0 Å². The van der Waals surface area contributed by atoms with Gasteiger partial charge >= 0.3 is 0 Å². The summed E-state index contributed by atoms with van der Waals surface area (Å²) in [5.41, 5.74) is 4.71. The molecule has 0 heterocycles. The van der Waals surface area contributed by atoms with Crippen molar-refractivity contribution in [1.82, 2.24) is 0 Å². The molecular weight excluding hydrogens is 196 g/mol. The van der Waals surface area contributed by atoms with Crippen LogP contribution in [0.15, 0.2) is 29.8 Å². The summed E-state index contributed by atoms with van der Waals surface area (Å²) in [5.74, 6) is 0.315. The zero-order chi connectivity index (χ0) is 11.5. The second-order valence-corrected chi connectivity index (χ2v) is 4.59. The Hall–Kier alpha value is -1.37. The fraction of sp³-hybridized carbons (Fsp3) is 0.400. The van der Waals surface area contributed by atoms with E-state index in [1.807, 2.05) is 6.07 Å². The second-order valence-electron chi connectivity index (χ2n) is 4.59. The molecule has 0 bridgehead atoms. The Balaban J connectivity index is 2.17. The first kappa shape index (κ1) is 11.1. The van der Waals surface area contributed by atoms with Gasteiger partial charge in [-0.15, -0.1) is 0 Å². The van der Waals surface area contributed by atoms with Gasteiger partial charge in [0.1, 0.15) is 0 Å². The summed E-state index contributed by atoms with van der Waals surface area (Å²) in [6.45, 7) is 4.16. The normalized spacial score (nSPS) is 15.0. The molecule has 0 N–H and O–H groups in total. The highest BCUT2D eigenvalue weighted by Crippen LogP contribution is 2.22. The van der Waals surface area contributed by atoms with Crippen molar-refractivity contribution in [2.24, 2.45) is 0 Å². The number of carbonyl (C=O) groups excluding carboxylic acids is 1. The maximum absolute atomic E-state index is 12.1. The minimum absolute atomic E-state index is 0.315. The summed E-state index contributed by atoms with van der Waals surface area (Å²) in [6, 6.07) is 6.21. The molecule has 0 radical (unpaired) electrons. The van der Waals surface area contributed by atoms with Crippen LogP contribution in [0.5, 0.6) is 0 Å². The molecule has 1 aliphatic carbocycles. The van der Waals surface area contributed by atoms with Crippen LogP contribution in [-0.2, 0) is 11.2 Å². The summed E-state index contributed by atoms with van der Waals surface area (Å²) in [5, 5.41) is 0. The molecule has 0 fully saturated rings. The number of ketones is 1. The Kier molecular flexibility index (Phi) is 3.23. The summed E-state index contributed by atoms with van der Waals surface area (Å²) in [4.78, 5) is 12.1. The molecule has 0 spiro atoms. The van der Waals surface area contributed by atoms with Crippen molar-refractivity contribution in [3.8, 4) is 0 Å². The van der Waals surface area contributed by atoms with E-state index in [4.69, 9.17) is 0 Å². The van der Waals surface area contributed by atoms with E-state index in [1.165, 1.54) is 16.7 Å². The highest BCUT2D eigenvalue weighted by molar-refractivity contribution is 5.97. The number of rotatable bonds is 3. The van der Waals surface area contributed by atoms with Crippen molar-refractivity contribution < 1.29 is 4.79 Å². The third-order valence-corrected chi connectivity index (χ3v) is 3.38. The van der Waals surface area contributed by atoms with Crippen molar-refractivity contribution in [3.63, 3.8) is 0 Å². The Labute approximate surface area is 97.2 Å². The van der Waals surface area contributed by atoms with Crippen LogP contribution >= 0.6 is 0 Å². The zero-order valence-corrected chi connectivity index (χ0v) is 10.0.